The average molecular weight is 387 g/mol. The quantitative estimate of drug-likeness (QED) is 0.798. The third-order valence-electron chi connectivity index (χ3n) is 4.86. The van der Waals surface area contributed by atoms with Crippen LogP contribution in [0.1, 0.15) is 48.9 Å². The van der Waals surface area contributed by atoms with Gasteiger partial charge in [-0.2, -0.15) is 0 Å². The van der Waals surface area contributed by atoms with Gasteiger partial charge in [0.1, 0.15) is 0 Å². The number of rotatable bonds is 4. The molecule has 1 atom stereocenters. The predicted molar refractivity (Wildman–Crippen MR) is 106 cm³/mol. The lowest BCUT2D eigenvalue weighted by molar-refractivity contribution is 0.240. The number of hydrogen-bond acceptors (Lipinski definition) is 2. The Hall–Kier alpha value is -1.16. The highest BCUT2D eigenvalue weighted by Gasteiger charge is 2.24. The molecule has 128 valence electrons. The molecule has 3 heteroatoms. The lowest BCUT2D eigenvalue weighted by Gasteiger charge is -2.32. The molecule has 1 N–H and O–H groups in total. The van der Waals surface area contributed by atoms with E-state index in [0.717, 1.165) is 26.2 Å². The van der Waals surface area contributed by atoms with Gasteiger partial charge in [0, 0.05) is 24.1 Å². The third kappa shape index (κ3) is 4.08. The van der Waals surface area contributed by atoms with E-state index in [4.69, 9.17) is 0 Å². The summed E-state index contributed by atoms with van der Waals surface area (Å²) in [6.07, 6.45) is 1.20. The third-order valence-corrected chi connectivity index (χ3v) is 5.58. The zero-order valence-electron chi connectivity index (χ0n) is 14.6. The minimum Gasteiger partial charge on any atom is -0.315 e. The first kappa shape index (κ1) is 17.7. The van der Waals surface area contributed by atoms with Crippen molar-refractivity contribution in [2.45, 2.75) is 32.2 Å². The molecular weight excluding hydrogens is 360 g/mol. The number of hydrogen-bond donors (Lipinski definition) is 1. The summed E-state index contributed by atoms with van der Waals surface area (Å²) in [6, 6.07) is 18.2. The van der Waals surface area contributed by atoms with Crippen LogP contribution >= 0.6 is 15.9 Å². The highest BCUT2D eigenvalue weighted by Crippen LogP contribution is 2.34. The Morgan fingerprint density at radius 1 is 0.917 bits per heavy atom. The van der Waals surface area contributed by atoms with Gasteiger partial charge < -0.3 is 5.32 Å². The summed E-state index contributed by atoms with van der Waals surface area (Å²) in [5.41, 5.74) is 4.15. The maximum absolute atomic E-state index is 3.78. The normalized spacial score (nSPS) is 17.7. The summed E-state index contributed by atoms with van der Waals surface area (Å²) in [5, 5.41) is 3.52. The Morgan fingerprint density at radius 2 is 1.62 bits per heavy atom. The van der Waals surface area contributed by atoms with Crippen LogP contribution in [0.2, 0.25) is 0 Å². The molecule has 1 unspecified atom stereocenters. The summed E-state index contributed by atoms with van der Waals surface area (Å²) >= 11 is 3.78. The molecule has 24 heavy (non-hydrogen) atoms. The first-order valence-electron chi connectivity index (χ1n) is 8.96. The van der Waals surface area contributed by atoms with Gasteiger partial charge in [0.15, 0.2) is 0 Å². The fourth-order valence-corrected chi connectivity index (χ4v) is 3.97. The Labute approximate surface area is 154 Å². The maximum Gasteiger partial charge on any atom is 0.0613 e. The lowest BCUT2D eigenvalue weighted by Crippen LogP contribution is -2.33. The average Bonchev–Trinajstić information content (AvgIpc) is 2.87. The van der Waals surface area contributed by atoms with Crippen LogP contribution in [0.3, 0.4) is 0 Å². The Balaban J connectivity index is 1.99. The fourth-order valence-electron chi connectivity index (χ4n) is 3.47. The smallest absolute Gasteiger partial charge is 0.0613 e. The molecule has 1 aliphatic rings. The van der Waals surface area contributed by atoms with E-state index in [1.807, 2.05) is 0 Å². The molecule has 2 aromatic carbocycles. The van der Waals surface area contributed by atoms with Crippen LogP contribution < -0.4 is 5.32 Å². The van der Waals surface area contributed by atoms with Gasteiger partial charge in [0.2, 0.25) is 0 Å². The van der Waals surface area contributed by atoms with Crippen LogP contribution in [-0.2, 0) is 0 Å². The SMILES string of the molecule is CC(C)c1ccc(C(c2ccccc2Br)N2CCCNCC2)cc1. The largest absolute Gasteiger partial charge is 0.315 e. The van der Waals surface area contributed by atoms with Gasteiger partial charge in [-0.15, -0.1) is 0 Å². The summed E-state index contributed by atoms with van der Waals surface area (Å²) in [4.78, 5) is 2.62. The van der Waals surface area contributed by atoms with Gasteiger partial charge in [-0.3, -0.25) is 4.90 Å². The van der Waals surface area contributed by atoms with E-state index < -0.39 is 0 Å². The molecule has 1 aliphatic heterocycles. The summed E-state index contributed by atoms with van der Waals surface area (Å²) < 4.78 is 1.19. The number of nitrogens with zero attached hydrogens (tertiary/aromatic N) is 1. The maximum atomic E-state index is 3.78. The molecule has 0 saturated carbocycles. The topological polar surface area (TPSA) is 15.3 Å². The summed E-state index contributed by atoms with van der Waals surface area (Å²) in [6.45, 7) is 8.89. The van der Waals surface area contributed by atoms with E-state index in [-0.39, 0.29) is 0 Å². The van der Waals surface area contributed by atoms with Crippen molar-refractivity contribution in [1.82, 2.24) is 10.2 Å². The zero-order valence-corrected chi connectivity index (χ0v) is 16.2. The van der Waals surface area contributed by atoms with Crippen molar-refractivity contribution in [2.24, 2.45) is 0 Å². The second-order valence-corrected chi connectivity index (χ2v) is 7.74. The van der Waals surface area contributed by atoms with Crippen LogP contribution in [0.4, 0.5) is 0 Å². The summed E-state index contributed by atoms with van der Waals surface area (Å²) in [7, 11) is 0. The van der Waals surface area contributed by atoms with E-state index in [0.29, 0.717) is 12.0 Å². The molecule has 0 amide bonds. The molecule has 0 radical (unpaired) electrons. The molecule has 0 bridgehead atoms. The number of nitrogens with one attached hydrogen (secondary N) is 1. The van der Waals surface area contributed by atoms with E-state index in [2.05, 4.69) is 88.5 Å². The molecule has 0 aromatic heterocycles. The fraction of sp³-hybridized carbons (Fsp3) is 0.429. The Kier molecular flexibility index (Phi) is 6.09. The first-order valence-corrected chi connectivity index (χ1v) is 9.75. The van der Waals surface area contributed by atoms with Crippen molar-refractivity contribution in [2.75, 3.05) is 26.2 Å². The van der Waals surface area contributed by atoms with Gasteiger partial charge in [-0.1, -0.05) is 72.2 Å². The van der Waals surface area contributed by atoms with E-state index in [9.17, 15) is 0 Å². The zero-order chi connectivity index (χ0) is 16.9. The van der Waals surface area contributed by atoms with Crippen molar-refractivity contribution in [3.63, 3.8) is 0 Å². The Morgan fingerprint density at radius 3 is 2.33 bits per heavy atom. The highest BCUT2D eigenvalue weighted by molar-refractivity contribution is 9.10. The van der Waals surface area contributed by atoms with E-state index >= 15 is 0 Å². The Bertz CT molecular complexity index is 643. The van der Waals surface area contributed by atoms with Gasteiger partial charge >= 0.3 is 0 Å². The van der Waals surface area contributed by atoms with Crippen molar-refractivity contribution < 1.29 is 0 Å². The van der Waals surface area contributed by atoms with Gasteiger partial charge in [0.25, 0.3) is 0 Å². The van der Waals surface area contributed by atoms with Crippen LogP contribution in [0.15, 0.2) is 53.0 Å². The monoisotopic (exact) mass is 386 g/mol. The van der Waals surface area contributed by atoms with Crippen LogP contribution in [0.5, 0.6) is 0 Å². The highest BCUT2D eigenvalue weighted by atomic mass is 79.9. The molecular formula is C21H27BrN2. The molecule has 2 nitrogen and oxygen atoms in total. The number of halogens is 1. The van der Waals surface area contributed by atoms with Gasteiger partial charge in [-0.05, 0) is 41.6 Å². The molecule has 0 spiro atoms. The van der Waals surface area contributed by atoms with Crippen LogP contribution in [0.25, 0.3) is 0 Å². The van der Waals surface area contributed by atoms with Crippen molar-refractivity contribution in [1.29, 1.82) is 0 Å². The molecule has 2 aromatic rings. The van der Waals surface area contributed by atoms with Crippen molar-refractivity contribution >= 4 is 15.9 Å². The predicted octanol–water partition coefficient (Wildman–Crippen LogP) is 4.96. The van der Waals surface area contributed by atoms with Crippen molar-refractivity contribution in [3.05, 3.63) is 69.7 Å². The molecule has 1 fully saturated rings. The first-order chi connectivity index (χ1) is 11.7. The molecule has 1 saturated heterocycles. The van der Waals surface area contributed by atoms with E-state index in [1.165, 1.54) is 27.6 Å². The van der Waals surface area contributed by atoms with E-state index in [1.54, 1.807) is 0 Å². The minimum absolute atomic E-state index is 0.307. The minimum atomic E-state index is 0.307. The molecule has 3 rings (SSSR count). The van der Waals surface area contributed by atoms with Crippen LogP contribution in [0, 0.1) is 0 Å². The van der Waals surface area contributed by atoms with Gasteiger partial charge in [-0.25, -0.2) is 0 Å². The standard InChI is InChI=1S/C21H27BrN2/c1-16(2)17-8-10-18(11-9-17)21(19-6-3-4-7-20(19)22)24-14-5-12-23-13-15-24/h3-4,6-11,16,21,23H,5,12-15H2,1-2H3. The summed E-state index contributed by atoms with van der Waals surface area (Å²) in [5.74, 6) is 0.573. The second kappa shape index (κ2) is 8.28. The van der Waals surface area contributed by atoms with Crippen molar-refractivity contribution in [3.8, 4) is 0 Å². The van der Waals surface area contributed by atoms with Crippen LogP contribution in [-0.4, -0.2) is 31.1 Å². The molecule has 0 aliphatic carbocycles. The lowest BCUT2D eigenvalue weighted by atomic mass is 9.94. The molecule has 1 heterocycles. The number of benzene rings is 2. The van der Waals surface area contributed by atoms with Gasteiger partial charge in [0.05, 0.1) is 6.04 Å². The second-order valence-electron chi connectivity index (χ2n) is 6.88.